The molecular formula is C23H21FN4O2. The molecule has 0 aliphatic carbocycles. The van der Waals surface area contributed by atoms with Crippen LogP contribution in [0.25, 0.3) is 10.8 Å². The van der Waals surface area contributed by atoms with Gasteiger partial charge in [-0.25, -0.2) is 9.38 Å². The van der Waals surface area contributed by atoms with Crippen LogP contribution in [0.1, 0.15) is 35.0 Å². The second-order valence-corrected chi connectivity index (χ2v) is 7.70. The molecule has 4 rings (SSSR count). The molecule has 3 aromatic rings. The number of Topliss-reactive ketones (excluding diaryl/α,β-unsaturated/α-hetero) is 1. The van der Waals surface area contributed by atoms with E-state index in [1.54, 1.807) is 31.3 Å². The maximum atomic E-state index is 14.7. The number of rotatable bonds is 4. The largest absolute Gasteiger partial charge is 0.369 e. The second-order valence-electron chi connectivity index (χ2n) is 7.70. The number of benzene rings is 2. The molecule has 6 nitrogen and oxygen atoms in total. The van der Waals surface area contributed by atoms with Crippen molar-refractivity contribution in [1.82, 2.24) is 9.88 Å². The number of halogens is 1. The van der Waals surface area contributed by atoms with Crippen molar-refractivity contribution in [1.29, 1.82) is 0 Å². The number of nitrogens with two attached hydrogens (primary N) is 1. The predicted octanol–water partition coefficient (Wildman–Crippen LogP) is 3.19. The molecule has 0 bridgehead atoms. The molecule has 0 saturated heterocycles. The maximum absolute atomic E-state index is 14.7. The zero-order valence-electron chi connectivity index (χ0n) is 16.7. The maximum Gasteiger partial charge on any atom is 0.231 e. The Morgan fingerprint density at radius 3 is 2.67 bits per heavy atom. The highest BCUT2D eigenvalue weighted by molar-refractivity contribution is 5.99. The van der Waals surface area contributed by atoms with Crippen molar-refractivity contribution in [2.45, 2.75) is 25.3 Å². The van der Waals surface area contributed by atoms with Gasteiger partial charge in [0.05, 0.1) is 12.0 Å². The van der Waals surface area contributed by atoms with E-state index in [0.29, 0.717) is 11.3 Å². The third-order valence-corrected chi connectivity index (χ3v) is 5.47. The normalized spacial score (nSPS) is 19.1. The zero-order chi connectivity index (χ0) is 21.5. The van der Waals surface area contributed by atoms with Gasteiger partial charge in [-0.1, -0.05) is 30.3 Å². The molecule has 152 valence electrons. The Morgan fingerprint density at radius 2 is 1.93 bits per heavy atom. The Kier molecular flexibility index (Phi) is 4.81. The smallest absolute Gasteiger partial charge is 0.231 e. The van der Waals surface area contributed by atoms with Crippen molar-refractivity contribution in [2.24, 2.45) is 10.7 Å². The topological polar surface area (TPSA) is 88.7 Å². The molecule has 1 amide bonds. The zero-order valence-corrected chi connectivity index (χ0v) is 16.7. The number of hydrogen-bond acceptors (Lipinski definition) is 5. The van der Waals surface area contributed by atoms with Crippen molar-refractivity contribution in [2.75, 3.05) is 7.05 Å². The number of aromatic nitrogens is 1. The molecule has 30 heavy (non-hydrogen) atoms. The summed E-state index contributed by atoms with van der Waals surface area (Å²) in [4.78, 5) is 34.9. The first-order valence-electron chi connectivity index (χ1n) is 9.55. The van der Waals surface area contributed by atoms with E-state index in [1.807, 2.05) is 24.3 Å². The minimum atomic E-state index is -1.13. The van der Waals surface area contributed by atoms with Crippen LogP contribution in [0.2, 0.25) is 0 Å². The van der Waals surface area contributed by atoms with Gasteiger partial charge in [-0.3, -0.25) is 19.5 Å². The first kappa shape index (κ1) is 19.7. The average Bonchev–Trinajstić information content (AvgIpc) is 2.73. The Balaban J connectivity index is 1.64. The summed E-state index contributed by atoms with van der Waals surface area (Å²) >= 11 is 0. The van der Waals surface area contributed by atoms with Crippen LogP contribution >= 0.6 is 0 Å². The third-order valence-electron chi connectivity index (χ3n) is 5.47. The van der Waals surface area contributed by atoms with Gasteiger partial charge in [0.15, 0.2) is 11.7 Å². The second kappa shape index (κ2) is 7.33. The number of guanidine groups is 1. The van der Waals surface area contributed by atoms with Gasteiger partial charge in [-0.15, -0.1) is 0 Å². The number of ketones is 1. The summed E-state index contributed by atoms with van der Waals surface area (Å²) in [6.07, 6.45) is 1.72. The quantitative estimate of drug-likeness (QED) is 0.677. The molecule has 2 N–H and O–H groups in total. The number of carbonyl (C=O) groups is 2. The predicted molar refractivity (Wildman–Crippen MR) is 113 cm³/mol. The highest BCUT2D eigenvalue weighted by Gasteiger charge is 2.38. The Morgan fingerprint density at radius 1 is 1.20 bits per heavy atom. The van der Waals surface area contributed by atoms with Crippen molar-refractivity contribution in [3.63, 3.8) is 0 Å². The summed E-state index contributed by atoms with van der Waals surface area (Å²) in [7, 11) is 1.53. The van der Waals surface area contributed by atoms with Crippen LogP contribution in [-0.4, -0.2) is 34.6 Å². The molecule has 2 heterocycles. The van der Waals surface area contributed by atoms with Crippen molar-refractivity contribution < 1.29 is 14.0 Å². The van der Waals surface area contributed by atoms with Crippen LogP contribution in [0, 0.1) is 5.82 Å². The van der Waals surface area contributed by atoms with Gasteiger partial charge >= 0.3 is 0 Å². The molecule has 1 atom stereocenters. The number of amides is 1. The first-order valence-corrected chi connectivity index (χ1v) is 9.55. The van der Waals surface area contributed by atoms with E-state index in [4.69, 9.17) is 5.73 Å². The van der Waals surface area contributed by atoms with Crippen molar-refractivity contribution in [3.8, 4) is 0 Å². The van der Waals surface area contributed by atoms with Crippen LogP contribution in [0.3, 0.4) is 0 Å². The lowest BCUT2D eigenvalue weighted by Gasteiger charge is -2.34. The van der Waals surface area contributed by atoms with Gasteiger partial charge in [0, 0.05) is 30.6 Å². The highest BCUT2D eigenvalue weighted by atomic mass is 19.1. The van der Waals surface area contributed by atoms with E-state index < -0.39 is 11.4 Å². The molecular weight excluding hydrogens is 383 g/mol. The van der Waals surface area contributed by atoms with E-state index in [-0.39, 0.29) is 36.1 Å². The lowest BCUT2D eigenvalue weighted by molar-refractivity contribution is -0.128. The standard InChI is InChI=1S/C23H21FN4O2/c1-23(12-21(30)28(2)22(25)27-23)17-9-14(7-8-18(17)24)10-20(29)19-11-15-5-3-4-6-16(15)13-26-19/h3-9,11,13H,10,12H2,1-2H3,(H2,25,27). The van der Waals surface area contributed by atoms with Gasteiger partial charge in [0.25, 0.3) is 0 Å². The summed E-state index contributed by atoms with van der Waals surface area (Å²) in [5.74, 6) is -0.876. The van der Waals surface area contributed by atoms with E-state index in [1.165, 1.54) is 18.0 Å². The van der Waals surface area contributed by atoms with Crippen LogP contribution in [0.5, 0.6) is 0 Å². The van der Waals surface area contributed by atoms with E-state index >= 15 is 0 Å². The molecule has 0 saturated carbocycles. The summed E-state index contributed by atoms with van der Waals surface area (Å²) in [6.45, 7) is 1.67. The lowest BCUT2D eigenvalue weighted by Crippen LogP contribution is -2.47. The molecule has 0 fully saturated rings. The van der Waals surface area contributed by atoms with Crippen LogP contribution in [0.4, 0.5) is 4.39 Å². The minimum Gasteiger partial charge on any atom is -0.369 e. The molecule has 0 radical (unpaired) electrons. The fourth-order valence-electron chi connectivity index (χ4n) is 3.67. The molecule has 1 aliphatic heterocycles. The minimum absolute atomic E-state index is 0.00918. The van der Waals surface area contributed by atoms with Crippen LogP contribution < -0.4 is 5.73 Å². The fourth-order valence-corrected chi connectivity index (χ4v) is 3.67. The molecule has 2 aromatic carbocycles. The summed E-state index contributed by atoms with van der Waals surface area (Å²) in [5, 5.41) is 1.88. The summed E-state index contributed by atoms with van der Waals surface area (Å²) < 4.78 is 14.7. The Bertz CT molecular complexity index is 1210. The van der Waals surface area contributed by atoms with Crippen molar-refractivity contribution >= 4 is 28.4 Å². The third kappa shape index (κ3) is 3.54. The average molecular weight is 404 g/mol. The summed E-state index contributed by atoms with van der Waals surface area (Å²) in [6, 6.07) is 13.9. The number of fused-ring (bicyclic) bond motifs is 1. The van der Waals surface area contributed by atoms with Gasteiger partial charge < -0.3 is 5.73 Å². The first-order chi connectivity index (χ1) is 14.3. The van der Waals surface area contributed by atoms with E-state index in [9.17, 15) is 14.0 Å². The lowest BCUT2D eigenvalue weighted by atomic mass is 9.85. The van der Waals surface area contributed by atoms with E-state index in [2.05, 4.69) is 9.98 Å². The van der Waals surface area contributed by atoms with Gasteiger partial charge in [0.2, 0.25) is 5.91 Å². The van der Waals surface area contributed by atoms with Gasteiger partial charge in [-0.05, 0) is 36.1 Å². The number of pyridine rings is 1. The monoisotopic (exact) mass is 404 g/mol. The molecule has 1 aliphatic rings. The summed E-state index contributed by atoms with van der Waals surface area (Å²) in [5.41, 5.74) is 5.92. The van der Waals surface area contributed by atoms with Crippen molar-refractivity contribution in [3.05, 3.63) is 77.4 Å². The molecule has 7 heteroatoms. The number of carbonyl (C=O) groups excluding carboxylic acids is 2. The van der Waals surface area contributed by atoms with Crippen LogP contribution in [-0.2, 0) is 16.8 Å². The highest BCUT2D eigenvalue weighted by Crippen LogP contribution is 2.35. The molecule has 1 aromatic heterocycles. The molecule has 0 spiro atoms. The van der Waals surface area contributed by atoms with Gasteiger partial charge in [-0.2, -0.15) is 0 Å². The number of nitrogens with zero attached hydrogens (tertiary/aromatic N) is 3. The fraction of sp³-hybridized carbons (Fsp3) is 0.217. The molecule has 1 unspecified atom stereocenters. The SMILES string of the molecule is CN1C(=O)CC(C)(c2cc(CC(=O)c3cc4ccccc4cn3)ccc2F)N=C1N. The van der Waals surface area contributed by atoms with E-state index in [0.717, 1.165) is 10.8 Å². The Hall–Kier alpha value is -3.61. The van der Waals surface area contributed by atoms with Crippen LogP contribution in [0.15, 0.2) is 59.7 Å². The van der Waals surface area contributed by atoms with Gasteiger partial charge in [0.1, 0.15) is 11.5 Å². The number of aliphatic imine (C=N–C) groups is 1. The Labute approximate surface area is 173 Å². The number of hydrogen-bond donors (Lipinski definition) is 1.